The molecule has 0 aromatic carbocycles. The summed E-state index contributed by atoms with van der Waals surface area (Å²) in [7, 11) is 0. The Morgan fingerprint density at radius 1 is 1.30 bits per heavy atom. The van der Waals surface area contributed by atoms with E-state index in [1.54, 1.807) is 10.9 Å². The van der Waals surface area contributed by atoms with Crippen LogP contribution in [0, 0.1) is 0 Å². The molecule has 1 atom stereocenters. The van der Waals surface area contributed by atoms with Gasteiger partial charge in [-0.1, -0.05) is 0 Å². The fraction of sp³-hybridized carbons (Fsp3) is 0.615. The van der Waals surface area contributed by atoms with Crippen LogP contribution in [0.15, 0.2) is 15.9 Å². The van der Waals surface area contributed by atoms with Gasteiger partial charge in [-0.15, -0.1) is 0 Å². The van der Waals surface area contributed by atoms with Crippen LogP contribution in [0.25, 0.3) is 11.2 Å². The van der Waals surface area contributed by atoms with Gasteiger partial charge in [0.25, 0.3) is 5.56 Å². The fourth-order valence-electron chi connectivity index (χ4n) is 2.92. The average Bonchev–Trinajstić information content (AvgIpc) is 3.08. The van der Waals surface area contributed by atoms with Gasteiger partial charge in [-0.2, -0.15) is 0 Å². The van der Waals surface area contributed by atoms with Crippen LogP contribution in [0.2, 0.25) is 0 Å². The molecule has 2 aromatic rings. The van der Waals surface area contributed by atoms with E-state index in [9.17, 15) is 9.59 Å². The van der Waals surface area contributed by atoms with E-state index < -0.39 is 0 Å². The summed E-state index contributed by atoms with van der Waals surface area (Å²) in [6.45, 7) is 6.37. The minimum atomic E-state index is -0.276. The second-order valence-electron chi connectivity index (χ2n) is 5.05. The molecule has 3 rings (SSSR count). The standard InChI is InChI=1S/C13H19N5O2/c1-3-16-11-10(12(19)17(4-2)13(16)20)18(8-15-11)9-5-6-14-7-9/h8-9,14H,3-7H2,1-2H3. The molecule has 7 nitrogen and oxygen atoms in total. The first-order valence-electron chi connectivity index (χ1n) is 7.09. The maximum absolute atomic E-state index is 12.6. The van der Waals surface area contributed by atoms with Crippen molar-refractivity contribution >= 4 is 11.2 Å². The highest BCUT2D eigenvalue weighted by molar-refractivity contribution is 5.70. The van der Waals surface area contributed by atoms with Crippen LogP contribution in [-0.4, -0.2) is 31.8 Å². The Labute approximate surface area is 115 Å². The molecule has 0 radical (unpaired) electrons. The normalized spacial score (nSPS) is 19.0. The summed E-state index contributed by atoms with van der Waals surface area (Å²) in [6, 6.07) is 0.237. The average molecular weight is 277 g/mol. The first kappa shape index (κ1) is 13.1. The Kier molecular flexibility index (Phi) is 3.21. The van der Waals surface area contributed by atoms with Crippen molar-refractivity contribution in [2.75, 3.05) is 13.1 Å². The van der Waals surface area contributed by atoms with Crippen molar-refractivity contribution in [2.24, 2.45) is 0 Å². The highest BCUT2D eigenvalue weighted by Crippen LogP contribution is 2.19. The lowest BCUT2D eigenvalue weighted by molar-refractivity contribution is 0.552. The van der Waals surface area contributed by atoms with E-state index in [1.807, 2.05) is 18.4 Å². The van der Waals surface area contributed by atoms with Gasteiger partial charge in [0.2, 0.25) is 0 Å². The Balaban J connectivity index is 2.36. The number of fused-ring (bicyclic) bond motifs is 1. The van der Waals surface area contributed by atoms with Crippen molar-refractivity contribution in [3.63, 3.8) is 0 Å². The van der Waals surface area contributed by atoms with Crippen LogP contribution in [0.3, 0.4) is 0 Å². The van der Waals surface area contributed by atoms with Gasteiger partial charge in [0, 0.05) is 25.7 Å². The molecule has 7 heteroatoms. The Bertz CT molecular complexity index is 748. The highest BCUT2D eigenvalue weighted by Gasteiger charge is 2.23. The molecule has 108 valence electrons. The number of imidazole rings is 1. The zero-order valence-corrected chi connectivity index (χ0v) is 11.8. The molecule has 1 unspecified atom stereocenters. The molecule has 1 fully saturated rings. The second-order valence-corrected chi connectivity index (χ2v) is 5.05. The molecule has 20 heavy (non-hydrogen) atoms. The largest absolute Gasteiger partial charge is 0.332 e. The van der Waals surface area contributed by atoms with E-state index >= 15 is 0 Å². The zero-order chi connectivity index (χ0) is 14.3. The van der Waals surface area contributed by atoms with Crippen molar-refractivity contribution in [3.05, 3.63) is 27.2 Å². The van der Waals surface area contributed by atoms with Crippen molar-refractivity contribution in [1.29, 1.82) is 0 Å². The summed E-state index contributed by atoms with van der Waals surface area (Å²) in [4.78, 5) is 29.1. The minimum Gasteiger partial charge on any atom is -0.320 e. The third-order valence-electron chi connectivity index (χ3n) is 4.00. The third-order valence-corrected chi connectivity index (χ3v) is 4.00. The molecular formula is C13H19N5O2. The van der Waals surface area contributed by atoms with E-state index in [-0.39, 0.29) is 17.3 Å². The van der Waals surface area contributed by atoms with Gasteiger partial charge < -0.3 is 9.88 Å². The van der Waals surface area contributed by atoms with E-state index in [0.29, 0.717) is 24.3 Å². The summed E-state index contributed by atoms with van der Waals surface area (Å²) >= 11 is 0. The molecular weight excluding hydrogens is 258 g/mol. The van der Waals surface area contributed by atoms with Gasteiger partial charge in [-0.3, -0.25) is 13.9 Å². The number of aromatic nitrogens is 4. The third kappa shape index (κ3) is 1.73. The maximum Gasteiger partial charge on any atom is 0.332 e. The summed E-state index contributed by atoms with van der Waals surface area (Å²) in [6.07, 6.45) is 2.66. The Hall–Kier alpha value is -1.89. The van der Waals surface area contributed by atoms with Crippen molar-refractivity contribution in [3.8, 4) is 0 Å². The van der Waals surface area contributed by atoms with Crippen LogP contribution in [0.4, 0.5) is 0 Å². The van der Waals surface area contributed by atoms with Crippen LogP contribution >= 0.6 is 0 Å². The van der Waals surface area contributed by atoms with Gasteiger partial charge in [-0.25, -0.2) is 9.78 Å². The number of aryl methyl sites for hydroxylation is 1. The van der Waals surface area contributed by atoms with Crippen molar-refractivity contribution in [1.82, 2.24) is 24.0 Å². The number of nitrogens with zero attached hydrogens (tertiary/aromatic N) is 4. The molecule has 0 aliphatic carbocycles. The lowest BCUT2D eigenvalue weighted by atomic mass is 10.2. The summed E-state index contributed by atoms with van der Waals surface area (Å²) in [5.41, 5.74) is 0.532. The molecule has 1 aliphatic rings. The summed E-state index contributed by atoms with van der Waals surface area (Å²) in [5.74, 6) is 0. The van der Waals surface area contributed by atoms with E-state index in [4.69, 9.17) is 0 Å². The lowest BCUT2D eigenvalue weighted by Crippen LogP contribution is -2.40. The van der Waals surface area contributed by atoms with Gasteiger partial charge in [0.15, 0.2) is 11.2 Å². The number of rotatable bonds is 3. The molecule has 1 aliphatic heterocycles. The Morgan fingerprint density at radius 2 is 2.05 bits per heavy atom. The first-order chi connectivity index (χ1) is 9.69. The van der Waals surface area contributed by atoms with Crippen LogP contribution < -0.4 is 16.6 Å². The monoisotopic (exact) mass is 277 g/mol. The highest BCUT2D eigenvalue weighted by atomic mass is 16.2. The molecule has 0 amide bonds. The number of nitrogens with one attached hydrogen (secondary N) is 1. The number of hydrogen-bond donors (Lipinski definition) is 1. The van der Waals surface area contributed by atoms with Gasteiger partial charge in [-0.05, 0) is 26.8 Å². The zero-order valence-electron chi connectivity index (χ0n) is 11.8. The van der Waals surface area contributed by atoms with Crippen LogP contribution in [0.5, 0.6) is 0 Å². The fourth-order valence-corrected chi connectivity index (χ4v) is 2.92. The SMILES string of the molecule is CCn1c(=O)c2c(ncn2C2CCNC2)n(CC)c1=O. The van der Waals surface area contributed by atoms with Gasteiger partial charge >= 0.3 is 5.69 Å². The van der Waals surface area contributed by atoms with Crippen molar-refractivity contribution < 1.29 is 0 Å². The van der Waals surface area contributed by atoms with Gasteiger partial charge in [0.05, 0.1) is 6.33 Å². The quantitative estimate of drug-likeness (QED) is 0.852. The van der Waals surface area contributed by atoms with Crippen LogP contribution in [0.1, 0.15) is 26.3 Å². The lowest BCUT2D eigenvalue weighted by Gasteiger charge is -2.13. The molecule has 1 saturated heterocycles. The predicted molar refractivity (Wildman–Crippen MR) is 76.1 cm³/mol. The molecule has 0 saturated carbocycles. The molecule has 0 spiro atoms. The van der Waals surface area contributed by atoms with Crippen molar-refractivity contribution in [2.45, 2.75) is 39.4 Å². The topological polar surface area (TPSA) is 73.8 Å². The maximum atomic E-state index is 12.6. The van der Waals surface area contributed by atoms with E-state index in [2.05, 4.69) is 10.3 Å². The Morgan fingerprint density at radius 3 is 2.65 bits per heavy atom. The van der Waals surface area contributed by atoms with Gasteiger partial charge in [0.1, 0.15) is 0 Å². The smallest absolute Gasteiger partial charge is 0.320 e. The van der Waals surface area contributed by atoms with E-state index in [1.165, 1.54) is 4.57 Å². The molecule has 2 aromatic heterocycles. The second kappa shape index (κ2) is 4.90. The predicted octanol–water partition coefficient (Wildman–Crippen LogP) is -0.0661. The molecule has 0 bridgehead atoms. The summed E-state index contributed by atoms with van der Waals surface area (Å²) in [5, 5.41) is 3.29. The first-order valence-corrected chi connectivity index (χ1v) is 7.09. The number of hydrogen-bond acceptors (Lipinski definition) is 4. The summed E-state index contributed by atoms with van der Waals surface area (Å²) < 4.78 is 4.78. The molecule has 1 N–H and O–H groups in total. The minimum absolute atomic E-state index is 0.235. The van der Waals surface area contributed by atoms with E-state index in [0.717, 1.165) is 19.5 Å². The molecule has 3 heterocycles. The van der Waals surface area contributed by atoms with Crippen LogP contribution in [-0.2, 0) is 13.1 Å².